The van der Waals surface area contributed by atoms with Gasteiger partial charge in [0, 0.05) is 17.7 Å². The molecule has 4 rings (SSSR count). The molecule has 0 unspecified atom stereocenters. The van der Waals surface area contributed by atoms with Crippen LogP contribution in [0, 0.1) is 11.3 Å². The topological polar surface area (TPSA) is 89.5 Å². The van der Waals surface area contributed by atoms with Crippen molar-refractivity contribution < 1.29 is 18.6 Å². The van der Waals surface area contributed by atoms with E-state index in [1.165, 1.54) is 0 Å². The Bertz CT molecular complexity index is 989. The molecule has 1 N–H and O–H groups in total. The minimum absolute atomic E-state index is 0.198. The summed E-state index contributed by atoms with van der Waals surface area (Å²) in [5.74, 6) is 2.87. The Hall–Kier alpha value is -3.66. The molecule has 3 aromatic rings. The zero-order valence-corrected chi connectivity index (χ0v) is 14.7. The van der Waals surface area contributed by atoms with Gasteiger partial charge in [-0.25, -0.2) is 0 Å². The molecule has 0 saturated carbocycles. The van der Waals surface area contributed by atoms with Crippen molar-refractivity contribution in [2.45, 2.75) is 13.5 Å². The number of aromatic nitrogens is 1. The predicted octanol–water partition coefficient (Wildman–Crippen LogP) is 3.95. The van der Waals surface area contributed by atoms with Gasteiger partial charge in [0.25, 0.3) is 0 Å². The van der Waals surface area contributed by atoms with E-state index in [0.29, 0.717) is 36.4 Å². The lowest BCUT2D eigenvalue weighted by Gasteiger charge is -2.06. The zero-order valence-electron chi connectivity index (χ0n) is 14.7. The van der Waals surface area contributed by atoms with Crippen molar-refractivity contribution in [3.8, 4) is 34.8 Å². The quantitative estimate of drug-likeness (QED) is 0.709. The lowest BCUT2D eigenvalue weighted by atomic mass is 10.2. The van der Waals surface area contributed by atoms with Crippen LogP contribution in [0.25, 0.3) is 11.5 Å². The van der Waals surface area contributed by atoms with Crippen LogP contribution in [0.5, 0.6) is 17.2 Å². The Morgan fingerprint density at radius 1 is 1.19 bits per heavy atom. The van der Waals surface area contributed by atoms with Crippen molar-refractivity contribution in [3.63, 3.8) is 0 Å². The molecule has 0 aliphatic carbocycles. The van der Waals surface area contributed by atoms with E-state index in [2.05, 4.69) is 16.4 Å². The number of para-hydroxylation sites is 1. The van der Waals surface area contributed by atoms with Crippen molar-refractivity contribution in [1.29, 1.82) is 5.26 Å². The summed E-state index contributed by atoms with van der Waals surface area (Å²) in [6, 6.07) is 15.1. The maximum atomic E-state index is 9.37. The van der Waals surface area contributed by atoms with Crippen LogP contribution >= 0.6 is 0 Å². The summed E-state index contributed by atoms with van der Waals surface area (Å²) in [6.07, 6.45) is 0. The van der Waals surface area contributed by atoms with Crippen molar-refractivity contribution >= 4 is 5.88 Å². The van der Waals surface area contributed by atoms with Gasteiger partial charge in [-0.1, -0.05) is 12.1 Å². The highest BCUT2D eigenvalue weighted by Crippen LogP contribution is 2.36. The number of hydrogen-bond acceptors (Lipinski definition) is 7. The first kappa shape index (κ1) is 16.8. The van der Waals surface area contributed by atoms with Crippen LogP contribution < -0.4 is 19.5 Å². The highest BCUT2D eigenvalue weighted by Gasteiger charge is 2.19. The molecule has 0 saturated heterocycles. The standard InChI is InChI=1S/C20H17N3O4/c1-2-24-15-8-6-13(7-9-15)19-23-16(10-21)20(27-19)22-11-14-4-3-5-17-18(14)26-12-25-17/h3-9,22H,2,11-12H2,1H3. The maximum absolute atomic E-state index is 9.37. The second-order valence-electron chi connectivity index (χ2n) is 5.77. The first-order chi connectivity index (χ1) is 13.3. The van der Waals surface area contributed by atoms with E-state index in [9.17, 15) is 5.26 Å². The lowest BCUT2D eigenvalue weighted by Crippen LogP contribution is -2.01. The van der Waals surface area contributed by atoms with Gasteiger partial charge in [0.05, 0.1) is 6.61 Å². The van der Waals surface area contributed by atoms with Crippen molar-refractivity contribution in [3.05, 3.63) is 53.7 Å². The number of nitrogens with one attached hydrogen (secondary N) is 1. The van der Waals surface area contributed by atoms with Crippen LogP contribution in [-0.4, -0.2) is 18.4 Å². The van der Waals surface area contributed by atoms with Gasteiger partial charge in [0.1, 0.15) is 11.8 Å². The van der Waals surface area contributed by atoms with Gasteiger partial charge in [-0.05, 0) is 37.3 Å². The van der Waals surface area contributed by atoms with Crippen LogP contribution in [0.4, 0.5) is 5.88 Å². The molecule has 0 bridgehead atoms. The number of benzene rings is 2. The monoisotopic (exact) mass is 363 g/mol. The highest BCUT2D eigenvalue weighted by atomic mass is 16.7. The minimum Gasteiger partial charge on any atom is -0.494 e. The zero-order chi connectivity index (χ0) is 18.6. The van der Waals surface area contributed by atoms with E-state index < -0.39 is 0 Å². The molecule has 7 nitrogen and oxygen atoms in total. The SMILES string of the molecule is CCOc1ccc(-c2nc(C#N)c(NCc3cccc4c3OCO4)o2)cc1. The lowest BCUT2D eigenvalue weighted by molar-refractivity contribution is 0.173. The summed E-state index contributed by atoms with van der Waals surface area (Å²) in [5, 5.41) is 12.5. The number of fused-ring (bicyclic) bond motifs is 1. The van der Waals surface area contributed by atoms with E-state index in [1.807, 2.05) is 49.4 Å². The fourth-order valence-electron chi connectivity index (χ4n) is 2.80. The van der Waals surface area contributed by atoms with Gasteiger partial charge in [-0.2, -0.15) is 10.2 Å². The second-order valence-corrected chi connectivity index (χ2v) is 5.77. The number of nitrogens with zero attached hydrogens (tertiary/aromatic N) is 2. The van der Waals surface area contributed by atoms with Gasteiger partial charge >= 0.3 is 0 Å². The van der Waals surface area contributed by atoms with Gasteiger partial charge < -0.3 is 23.9 Å². The fraction of sp³-hybridized carbons (Fsp3) is 0.200. The van der Waals surface area contributed by atoms with Crippen molar-refractivity contribution in [2.75, 3.05) is 18.7 Å². The Morgan fingerprint density at radius 2 is 2.04 bits per heavy atom. The van der Waals surface area contributed by atoms with Crippen molar-refractivity contribution in [2.24, 2.45) is 0 Å². The first-order valence-corrected chi connectivity index (χ1v) is 8.54. The smallest absolute Gasteiger partial charge is 0.232 e. The summed E-state index contributed by atoms with van der Waals surface area (Å²) in [7, 11) is 0. The summed E-state index contributed by atoms with van der Waals surface area (Å²) in [4.78, 5) is 4.27. The molecular formula is C20H17N3O4. The average Bonchev–Trinajstić information content (AvgIpc) is 3.34. The molecular weight excluding hydrogens is 346 g/mol. The normalized spacial score (nSPS) is 11.9. The Balaban J connectivity index is 1.54. The van der Waals surface area contributed by atoms with Gasteiger partial charge in [-0.3, -0.25) is 0 Å². The summed E-state index contributed by atoms with van der Waals surface area (Å²) in [6.45, 7) is 3.15. The third kappa shape index (κ3) is 3.37. The molecule has 136 valence electrons. The summed E-state index contributed by atoms with van der Waals surface area (Å²) >= 11 is 0. The third-order valence-electron chi connectivity index (χ3n) is 4.06. The molecule has 0 atom stereocenters. The minimum atomic E-state index is 0.198. The Morgan fingerprint density at radius 3 is 2.81 bits per heavy atom. The molecule has 1 aromatic heterocycles. The van der Waals surface area contributed by atoms with Crippen LogP contribution in [0.3, 0.4) is 0 Å². The van der Waals surface area contributed by atoms with E-state index in [0.717, 1.165) is 16.9 Å². The van der Waals surface area contributed by atoms with Crippen LogP contribution in [0.2, 0.25) is 0 Å². The molecule has 2 aromatic carbocycles. The van der Waals surface area contributed by atoms with E-state index >= 15 is 0 Å². The largest absolute Gasteiger partial charge is 0.494 e. The second kappa shape index (κ2) is 7.30. The van der Waals surface area contributed by atoms with Crippen molar-refractivity contribution in [1.82, 2.24) is 4.98 Å². The first-order valence-electron chi connectivity index (χ1n) is 8.54. The molecule has 0 amide bonds. The molecule has 7 heteroatoms. The Kier molecular flexibility index (Phi) is 4.54. The summed E-state index contributed by atoms with van der Waals surface area (Å²) < 4.78 is 22.1. The molecule has 0 spiro atoms. The molecule has 27 heavy (non-hydrogen) atoms. The number of nitriles is 1. The predicted molar refractivity (Wildman–Crippen MR) is 97.7 cm³/mol. The van der Waals surface area contributed by atoms with Crippen LogP contribution in [-0.2, 0) is 6.54 Å². The molecule has 0 radical (unpaired) electrons. The highest BCUT2D eigenvalue weighted by molar-refractivity contribution is 5.60. The van der Waals surface area contributed by atoms with E-state index in [1.54, 1.807) is 0 Å². The van der Waals surface area contributed by atoms with E-state index in [-0.39, 0.29) is 12.5 Å². The summed E-state index contributed by atoms with van der Waals surface area (Å²) in [5.41, 5.74) is 1.87. The maximum Gasteiger partial charge on any atom is 0.232 e. The van der Waals surface area contributed by atoms with Crippen LogP contribution in [0.15, 0.2) is 46.9 Å². The fourth-order valence-corrected chi connectivity index (χ4v) is 2.80. The van der Waals surface area contributed by atoms with Gasteiger partial charge in [-0.15, -0.1) is 0 Å². The molecule has 1 aliphatic heterocycles. The number of oxazole rings is 1. The molecule has 0 fully saturated rings. The number of anilines is 1. The number of hydrogen-bond donors (Lipinski definition) is 1. The van der Waals surface area contributed by atoms with Crippen LogP contribution in [0.1, 0.15) is 18.2 Å². The Labute approximate surface area is 156 Å². The number of ether oxygens (including phenoxy) is 3. The van der Waals surface area contributed by atoms with Gasteiger partial charge in [0.2, 0.25) is 24.3 Å². The average molecular weight is 363 g/mol. The third-order valence-corrected chi connectivity index (χ3v) is 4.06. The molecule has 1 aliphatic rings. The van der Waals surface area contributed by atoms with E-state index in [4.69, 9.17) is 18.6 Å². The number of rotatable bonds is 6. The molecule has 2 heterocycles. The van der Waals surface area contributed by atoms with Gasteiger partial charge in [0.15, 0.2) is 11.5 Å².